The molecular weight excluding hydrogens is 324 g/mol. The molecule has 5 heteroatoms. The summed E-state index contributed by atoms with van der Waals surface area (Å²) in [6.45, 7) is 3.22. The van der Waals surface area contributed by atoms with Gasteiger partial charge in [0.2, 0.25) is 0 Å². The van der Waals surface area contributed by atoms with E-state index in [0.717, 1.165) is 39.3 Å². The summed E-state index contributed by atoms with van der Waals surface area (Å²) in [5.74, 6) is 0.874. The molecule has 0 atom stereocenters. The van der Waals surface area contributed by atoms with Crippen molar-refractivity contribution in [1.29, 1.82) is 0 Å². The van der Waals surface area contributed by atoms with Gasteiger partial charge in [-0.25, -0.2) is 4.98 Å². The van der Waals surface area contributed by atoms with Gasteiger partial charge in [0.05, 0.1) is 15.2 Å². The Bertz CT molecular complexity index is 542. The molecule has 102 valence electrons. The van der Waals surface area contributed by atoms with E-state index in [0.29, 0.717) is 13.2 Å². The summed E-state index contributed by atoms with van der Waals surface area (Å²) >= 11 is 5.21. The molecule has 2 aromatic rings. The van der Waals surface area contributed by atoms with Crippen LogP contribution in [0.15, 0.2) is 28.1 Å². The number of thiazole rings is 1. The number of ether oxygens (including phenoxy) is 1. The van der Waals surface area contributed by atoms with Crippen molar-refractivity contribution in [2.75, 3.05) is 6.54 Å². The molecule has 1 heterocycles. The van der Waals surface area contributed by atoms with Crippen LogP contribution in [0, 0.1) is 0 Å². The average molecular weight is 341 g/mol. The monoisotopic (exact) mass is 340 g/mol. The van der Waals surface area contributed by atoms with Crippen LogP contribution in [-0.2, 0) is 19.4 Å². The molecule has 0 aliphatic rings. The molecule has 1 aromatic heterocycles. The summed E-state index contributed by atoms with van der Waals surface area (Å²) in [4.78, 5) is 4.50. The molecule has 0 saturated carbocycles. The van der Waals surface area contributed by atoms with Gasteiger partial charge in [-0.15, -0.1) is 11.3 Å². The molecule has 0 aliphatic carbocycles. The summed E-state index contributed by atoms with van der Waals surface area (Å²) < 4.78 is 6.87. The quantitative estimate of drug-likeness (QED) is 0.874. The van der Waals surface area contributed by atoms with Crippen LogP contribution in [0.3, 0.4) is 0 Å². The Morgan fingerprint density at radius 2 is 2.26 bits per heavy atom. The largest absolute Gasteiger partial charge is 0.486 e. The van der Waals surface area contributed by atoms with Crippen molar-refractivity contribution in [3.05, 3.63) is 44.3 Å². The number of rotatable bonds is 6. The molecule has 19 heavy (non-hydrogen) atoms. The number of benzene rings is 1. The Morgan fingerprint density at radius 1 is 1.42 bits per heavy atom. The minimum absolute atomic E-state index is 0.497. The molecule has 0 radical (unpaired) electrons. The molecule has 0 unspecified atom stereocenters. The van der Waals surface area contributed by atoms with Crippen molar-refractivity contribution < 1.29 is 4.74 Å². The normalized spacial score (nSPS) is 10.7. The first kappa shape index (κ1) is 14.5. The van der Waals surface area contributed by atoms with Crippen LogP contribution in [0.1, 0.15) is 23.2 Å². The first-order chi connectivity index (χ1) is 9.24. The Labute approximate surface area is 125 Å². The van der Waals surface area contributed by atoms with Crippen molar-refractivity contribution in [2.45, 2.75) is 26.4 Å². The molecule has 2 N–H and O–H groups in total. The highest BCUT2D eigenvalue weighted by Gasteiger charge is 2.09. The van der Waals surface area contributed by atoms with Gasteiger partial charge >= 0.3 is 0 Å². The van der Waals surface area contributed by atoms with Gasteiger partial charge < -0.3 is 10.5 Å². The molecule has 0 bridgehead atoms. The van der Waals surface area contributed by atoms with Gasteiger partial charge in [-0.2, -0.15) is 0 Å². The lowest BCUT2D eigenvalue weighted by molar-refractivity contribution is 0.297. The van der Waals surface area contributed by atoms with Crippen molar-refractivity contribution in [3.8, 4) is 5.75 Å². The highest BCUT2D eigenvalue weighted by atomic mass is 79.9. The topological polar surface area (TPSA) is 48.1 Å². The predicted molar refractivity (Wildman–Crippen MR) is 82.7 cm³/mol. The van der Waals surface area contributed by atoms with Gasteiger partial charge in [0.1, 0.15) is 12.4 Å². The van der Waals surface area contributed by atoms with Crippen LogP contribution in [-0.4, -0.2) is 11.5 Å². The first-order valence-corrected chi connectivity index (χ1v) is 7.95. The second-order valence-corrected chi connectivity index (χ2v) is 5.94. The van der Waals surface area contributed by atoms with E-state index < -0.39 is 0 Å². The fourth-order valence-corrected chi connectivity index (χ4v) is 3.04. The fraction of sp³-hybridized carbons (Fsp3) is 0.357. The SMILES string of the molecule is CCc1nc(COc2c(Br)cccc2CCN)cs1. The Hall–Kier alpha value is -0.910. The fourth-order valence-electron chi connectivity index (χ4n) is 1.79. The summed E-state index contributed by atoms with van der Waals surface area (Å²) in [5, 5.41) is 3.20. The number of aryl methyl sites for hydroxylation is 1. The highest BCUT2D eigenvalue weighted by molar-refractivity contribution is 9.10. The molecule has 0 aliphatic heterocycles. The van der Waals surface area contributed by atoms with Gasteiger partial charge in [0, 0.05) is 5.38 Å². The Kier molecular flexibility index (Phi) is 5.36. The minimum atomic E-state index is 0.497. The number of nitrogens with zero attached hydrogens (tertiary/aromatic N) is 1. The van der Waals surface area contributed by atoms with E-state index in [-0.39, 0.29) is 0 Å². The van der Waals surface area contributed by atoms with Crippen LogP contribution in [0.5, 0.6) is 5.75 Å². The van der Waals surface area contributed by atoms with Gasteiger partial charge in [-0.05, 0) is 46.9 Å². The van der Waals surface area contributed by atoms with E-state index in [1.807, 2.05) is 18.2 Å². The number of halogens is 1. The second kappa shape index (κ2) is 7.03. The van der Waals surface area contributed by atoms with Crippen molar-refractivity contribution in [1.82, 2.24) is 4.98 Å². The molecule has 0 spiro atoms. The number of hydrogen-bond acceptors (Lipinski definition) is 4. The van der Waals surface area contributed by atoms with Crippen LogP contribution in [0.2, 0.25) is 0 Å². The van der Waals surface area contributed by atoms with E-state index in [1.54, 1.807) is 11.3 Å². The van der Waals surface area contributed by atoms with E-state index in [4.69, 9.17) is 10.5 Å². The predicted octanol–water partition coefficient (Wildman–Crippen LogP) is 3.55. The van der Waals surface area contributed by atoms with Gasteiger partial charge in [-0.1, -0.05) is 19.1 Å². The molecule has 0 amide bonds. The van der Waals surface area contributed by atoms with E-state index in [2.05, 4.69) is 33.2 Å². The average Bonchev–Trinajstić information content (AvgIpc) is 2.86. The number of nitrogens with two attached hydrogens (primary N) is 1. The molecule has 0 saturated heterocycles. The lowest BCUT2D eigenvalue weighted by Crippen LogP contribution is -2.06. The molecule has 1 aromatic carbocycles. The van der Waals surface area contributed by atoms with Crippen molar-refractivity contribution in [3.63, 3.8) is 0 Å². The van der Waals surface area contributed by atoms with Gasteiger partial charge in [-0.3, -0.25) is 0 Å². The maximum atomic E-state index is 5.91. The number of aromatic nitrogens is 1. The van der Waals surface area contributed by atoms with Crippen molar-refractivity contribution in [2.24, 2.45) is 5.73 Å². The van der Waals surface area contributed by atoms with E-state index in [9.17, 15) is 0 Å². The Balaban J connectivity index is 2.09. The summed E-state index contributed by atoms with van der Waals surface area (Å²) in [6.07, 6.45) is 1.78. The first-order valence-electron chi connectivity index (χ1n) is 6.28. The van der Waals surface area contributed by atoms with Crippen molar-refractivity contribution >= 4 is 27.3 Å². The smallest absolute Gasteiger partial charge is 0.137 e. The van der Waals surface area contributed by atoms with Gasteiger partial charge in [0.15, 0.2) is 0 Å². The highest BCUT2D eigenvalue weighted by Crippen LogP contribution is 2.30. The minimum Gasteiger partial charge on any atom is -0.486 e. The zero-order chi connectivity index (χ0) is 13.7. The molecule has 3 nitrogen and oxygen atoms in total. The second-order valence-electron chi connectivity index (χ2n) is 4.14. The van der Waals surface area contributed by atoms with Crippen LogP contribution < -0.4 is 10.5 Å². The maximum absolute atomic E-state index is 5.91. The third kappa shape index (κ3) is 3.78. The molecule has 2 rings (SSSR count). The maximum Gasteiger partial charge on any atom is 0.137 e. The van der Waals surface area contributed by atoms with Crippen LogP contribution >= 0.6 is 27.3 Å². The number of hydrogen-bond donors (Lipinski definition) is 1. The zero-order valence-electron chi connectivity index (χ0n) is 10.9. The summed E-state index contributed by atoms with van der Waals surface area (Å²) in [5.41, 5.74) is 7.74. The molecular formula is C14H17BrN2OS. The number of para-hydroxylation sites is 1. The van der Waals surface area contributed by atoms with Crippen LogP contribution in [0.4, 0.5) is 0 Å². The lowest BCUT2D eigenvalue weighted by atomic mass is 10.1. The lowest BCUT2D eigenvalue weighted by Gasteiger charge is -2.12. The van der Waals surface area contributed by atoms with E-state index in [1.165, 1.54) is 0 Å². The third-order valence-electron chi connectivity index (χ3n) is 2.73. The zero-order valence-corrected chi connectivity index (χ0v) is 13.3. The van der Waals surface area contributed by atoms with E-state index >= 15 is 0 Å². The summed E-state index contributed by atoms with van der Waals surface area (Å²) in [7, 11) is 0. The van der Waals surface area contributed by atoms with Crippen LogP contribution in [0.25, 0.3) is 0 Å². The molecule has 0 fully saturated rings. The van der Waals surface area contributed by atoms with Gasteiger partial charge in [0.25, 0.3) is 0 Å². The Morgan fingerprint density at radius 3 is 2.95 bits per heavy atom. The summed E-state index contributed by atoms with van der Waals surface area (Å²) in [6, 6.07) is 6.03. The third-order valence-corrected chi connectivity index (χ3v) is 4.39. The standard InChI is InChI=1S/C14H17BrN2OS/c1-2-13-17-11(9-19-13)8-18-14-10(6-7-16)4-3-5-12(14)15/h3-5,9H,2,6-8,16H2,1H3.